The van der Waals surface area contributed by atoms with Crippen LogP contribution >= 0.6 is 0 Å². The summed E-state index contributed by atoms with van der Waals surface area (Å²) in [6.45, 7) is 0.605. The predicted octanol–water partition coefficient (Wildman–Crippen LogP) is 1.79. The molecule has 2 rings (SSSR count). The summed E-state index contributed by atoms with van der Waals surface area (Å²) in [5.74, 6) is 0.301. The highest BCUT2D eigenvalue weighted by Gasteiger charge is 2.32. The van der Waals surface area contributed by atoms with Gasteiger partial charge in [-0.25, -0.2) is 4.79 Å². The van der Waals surface area contributed by atoms with Crippen molar-refractivity contribution < 1.29 is 19.1 Å². The lowest BCUT2D eigenvalue weighted by atomic mass is 10.0. The topological polar surface area (TPSA) is 55.8 Å². The lowest BCUT2D eigenvalue weighted by molar-refractivity contribution is -0.154. The summed E-state index contributed by atoms with van der Waals surface area (Å²) >= 11 is 0. The number of hydrogen-bond donors (Lipinski definition) is 0. The van der Waals surface area contributed by atoms with Gasteiger partial charge in [0.1, 0.15) is 11.8 Å². The second kappa shape index (κ2) is 7.11. The molecule has 1 aromatic carbocycles. The van der Waals surface area contributed by atoms with Crippen LogP contribution in [0.5, 0.6) is 5.75 Å². The number of likely N-dealkylation sites (tertiary alicyclic amines) is 1. The predicted molar refractivity (Wildman–Crippen MR) is 78.1 cm³/mol. The molecule has 5 nitrogen and oxygen atoms in total. The Balaban J connectivity index is 2.12. The zero-order valence-electron chi connectivity index (χ0n) is 12.5. The Morgan fingerprint density at radius 2 is 2.00 bits per heavy atom. The van der Waals surface area contributed by atoms with Crippen molar-refractivity contribution in [3.05, 3.63) is 29.8 Å². The molecule has 0 aliphatic carbocycles. The Kier molecular flexibility index (Phi) is 5.20. The van der Waals surface area contributed by atoms with Crippen molar-refractivity contribution in [1.29, 1.82) is 0 Å². The van der Waals surface area contributed by atoms with Crippen LogP contribution in [0.1, 0.15) is 24.8 Å². The maximum atomic E-state index is 12.5. The number of benzene rings is 1. The highest BCUT2D eigenvalue weighted by Crippen LogP contribution is 2.22. The van der Waals surface area contributed by atoms with Gasteiger partial charge in [0.05, 0.1) is 20.6 Å². The van der Waals surface area contributed by atoms with E-state index in [1.54, 1.807) is 12.0 Å². The number of piperidine rings is 1. The Morgan fingerprint density at radius 1 is 1.24 bits per heavy atom. The average molecular weight is 291 g/mol. The number of nitrogens with zero attached hydrogens (tertiary/aromatic N) is 1. The summed E-state index contributed by atoms with van der Waals surface area (Å²) in [5.41, 5.74) is 0.833. The third-order valence-electron chi connectivity index (χ3n) is 3.83. The third-order valence-corrected chi connectivity index (χ3v) is 3.83. The van der Waals surface area contributed by atoms with E-state index in [1.165, 1.54) is 7.11 Å². The molecule has 1 heterocycles. The molecule has 114 valence electrons. The van der Waals surface area contributed by atoms with Crippen molar-refractivity contribution in [2.24, 2.45) is 0 Å². The number of esters is 1. The van der Waals surface area contributed by atoms with Gasteiger partial charge in [0.25, 0.3) is 0 Å². The molecular formula is C16H21NO4. The van der Waals surface area contributed by atoms with E-state index in [1.807, 2.05) is 24.3 Å². The molecule has 0 spiro atoms. The van der Waals surface area contributed by atoms with Gasteiger partial charge >= 0.3 is 5.97 Å². The van der Waals surface area contributed by atoms with Crippen molar-refractivity contribution in [2.75, 3.05) is 20.8 Å². The van der Waals surface area contributed by atoms with Crippen LogP contribution in [0, 0.1) is 0 Å². The molecular weight excluding hydrogens is 270 g/mol. The van der Waals surface area contributed by atoms with Crippen molar-refractivity contribution in [3.8, 4) is 5.75 Å². The van der Waals surface area contributed by atoms with E-state index in [9.17, 15) is 9.59 Å². The standard InChI is InChI=1S/C16H21NO4/c1-20-14-9-4-3-7-12(14)11-15(18)17-10-6-5-8-13(17)16(19)21-2/h3-4,7,9,13H,5-6,8,10-11H2,1-2H3/t13-/m1/s1. The lowest BCUT2D eigenvalue weighted by Gasteiger charge is -2.34. The van der Waals surface area contributed by atoms with Crippen LogP contribution in [-0.4, -0.2) is 43.6 Å². The van der Waals surface area contributed by atoms with Gasteiger partial charge in [-0.1, -0.05) is 18.2 Å². The number of amides is 1. The highest BCUT2D eigenvalue weighted by molar-refractivity contribution is 5.86. The summed E-state index contributed by atoms with van der Waals surface area (Å²) < 4.78 is 10.1. The number of carbonyl (C=O) groups is 2. The number of ether oxygens (including phenoxy) is 2. The Bertz CT molecular complexity index is 515. The first-order chi connectivity index (χ1) is 10.2. The van der Waals surface area contributed by atoms with Gasteiger partial charge in [-0.2, -0.15) is 0 Å². The van der Waals surface area contributed by atoms with Gasteiger partial charge in [-0.15, -0.1) is 0 Å². The van der Waals surface area contributed by atoms with E-state index in [-0.39, 0.29) is 18.3 Å². The molecule has 1 aromatic rings. The second-order valence-corrected chi connectivity index (χ2v) is 5.11. The van der Waals surface area contributed by atoms with Crippen LogP contribution in [-0.2, 0) is 20.7 Å². The fourth-order valence-corrected chi connectivity index (χ4v) is 2.72. The van der Waals surface area contributed by atoms with E-state index < -0.39 is 6.04 Å². The summed E-state index contributed by atoms with van der Waals surface area (Å²) in [5, 5.41) is 0. The normalized spacial score (nSPS) is 18.2. The SMILES string of the molecule is COC(=O)[C@H]1CCCCN1C(=O)Cc1ccccc1OC. The molecule has 1 fully saturated rings. The molecule has 21 heavy (non-hydrogen) atoms. The van der Waals surface area contributed by atoms with Gasteiger partial charge in [0.2, 0.25) is 5.91 Å². The summed E-state index contributed by atoms with van der Waals surface area (Å²) in [6.07, 6.45) is 2.77. The number of para-hydroxylation sites is 1. The molecule has 5 heteroatoms. The van der Waals surface area contributed by atoms with E-state index in [0.717, 1.165) is 18.4 Å². The van der Waals surface area contributed by atoms with Gasteiger partial charge in [-0.3, -0.25) is 4.79 Å². The maximum Gasteiger partial charge on any atom is 0.328 e. The van der Waals surface area contributed by atoms with E-state index in [2.05, 4.69) is 0 Å². The van der Waals surface area contributed by atoms with Crippen molar-refractivity contribution in [3.63, 3.8) is 0 Å². The van der Waals surface area contributed by atoms with Crippen LogP contribution in [0.3, 0.4) is 0 Å². The molecule has 0 saturated carbocycles. The van der Waals surface area contributed by atoms with Gasteiger partial charge in [0.15, 0.2) is 0 Å². The van der Waals surface area contributed by atoms with Crippen LogP contribution in [0.2, 0.25) is 0 Å². The summed E-state index contributed by atoms with van der Waals surface area (Å²) in [6, 6.07) is 6.99. The monoisotopic (exact) mass is 291 g/mol. The minimum absolute atomic E-state index is 0.0606. The van der Waals surface area contributed by atoms with E-state index in [0.29, 0.717) is 18.7 Å². The molecule has 1 aliphatic rings. The first kappa shape index (κ1) is 15.4. The Labute approximate surface area is 124 Å². The maximum absolute atomic E-state index is 12.5. The Morgan fingerprint density at radius 3 is 2.71 bits per heavy atom. The number of carbonyl (C=O) groups excluding carboxylic acids is 2. The summed E-state index contributed by atoms with van der Waals surface area (Å²) in [4.78, 5) is 26.0. The lowest BCUT2D eigenvalue weighted by Crippen LogP contribution is -2.49. The second-order valence-electron chi connectivity index (χ2n) is 5.11. The first-order valence-electron chi connectivity index (χ1n) is 7.16. The zero-order chi connectivity index (χ0) is 15.2. The Hall–Kier alpha value is -2.04. The minimum Gasteiger partial charge on any atom is -0.496 e. The molecule has 1 saturated heterocycles. The first-order valence-corrected chi connectivity index (χ1v) is 7.16. The smallest absolute Gasteiger partial charge is 0.328 e. The largest absolute Gasteiger partial charge is 0.496 e. The van der Waals surface area contributed by atoms with Crippen molar-refractivity contribution in [1.82, 2.24) is 4.90 Å². The molecule has 1 amide bonds. The van der Waals surface area contributed by atoms with Crippen LogP contribution < -0.4 is 4.74 Å². The number of methoxy groups -OCH3 is 2. The molecule has 0 aromatic heterocycles. The van der Waals surface area contributed by atoms with E-state index in [4.69, 9.17) is 9.47 Å². The van der Waals surface area contributed by atoms with Gasteiger partial charge in [0, 0.05) is 12.1 Å². The zero-order valence-corrected chi connectivity index (χ0v) is 12.5. The molecule has 0 radical (unpaired) electrons. The van der Waals surface area contributed by atoms with E-state index >= 15 is 0 Å². The van der Waals surface area contributed by atoms with Crippen molar-refractivity contribution >= 4 is 11.9 Å². The fourth-order valence-electron chi connectivity index (χ4n) is 2.72. The molecule has 0 unspecified atom stereocenters. The minimum atomic E-state index is -0.453. The quantitative estimate of drug-likeness (QED) is 0.794. The fraction of sp³-hybridized carbons (Fsp3) is 0.500. The van der Waals surface area contributed by atoms with Crippen molar-refractivity contribution in [2.45, 2.75) is 31.7 Å². The molecule has 1 atom stereocenters. The third kappa shape index (κ3) is 3.54. The highest BCUT2D eigenvalue weighted by atomic mass is 16.5. The van der Waals surface area contributed by atoms with Crippen LogP contribution in [0.25, 0.3) is 0 Å². The molecule has 0 N–H and O–H groups in total. The summed E-state index contributed by atoms with van der Waals surface area (Å²) in [7, 11) is 2.95. The molecule has 1 aliphatic heterocycles. The van der Waals surface area contributed by atoms with Gasteiger partial charge in [-0.05, 0) is 25.3 Å². The van der Waals surface area contributed by atoms with Crippen LogP contribution in [0.4, 0.5) is 0 Å². The van der Waals surface area contributed by atoms with Crippen LogP contribution in [0.15, 0.2) is 24.3 Å². The van der Waals surface area contributed by atoms with Gasteiger partial charge < -0.3 is 14.4 Å². The molecule has 0 bridgehead atoms. The number of hydrogen-bond acceptors (Lipinski definition) is 4. The average Bonchev–Trinajstić information content (AvgIpc) is 2.54. The number of rotatable bonds is 4.